The fraction of sp³-hybridized carbons (Fsp3) is 0.0769. The van der Waals surface area contributed by atoms with E-state index in [1.54, 1.807) is 6.07 Å². The van der Waals surface area contributed by atoms with Crippen LogP contribution in [-0.2, 0) is 6.42 Å². The summed E-state index contributed by atoms with van der Waals surface area (Å²) in [6.07, 6.45) is 0.656. The van der Waals surface area contributed by atoms with E-state index in [-0.39, 0.29) is 0 Å². The number of benzene rings is 1. The number of nitrogens with one attached hydrogen (secondary N) is 1. The fourth-order valence-electron chi connectivity index (χ4n) is 1.92. The van der Waals surface area contributed by atoms with Crippen molar-refractivity contribution in [2.24, 2.45) is 0 Å². The van der Waals surface area contributed by atoms with E-state index < -0.39 is 0 Å². The highest BCUT2D eigenvalue weighted by molar-refractivity contribution is 5.72. The van der Waals surface area contributed by atoms with E-state index in [9.17, 15) is 0 Å². The number of H-pyrrole nitrogens is 1. The summed E-state index contributed by atoms with van der Waals surface area (Å²) in [6, 6.07) is 11.4. The van der Waals surface area contributed by atoms with E-state index in [2.05, 4.69) is 15.0 Å². The van der Waals surface area contributed by atoms with Crippen molar-refractivity contribution in [2.75, 3.05) is 11.5 Å². The summed E-state index contributed by atoms with van der Waals surface area (Å²) in [5.74, 6) is 1.31. The summed E-state index contributed by atoms with van der Waals surface area (Å²) in [5.41, 5.74) is 14.9. The molecule has 0 amide bonds. The third-order valence-electron chi connectivity index (χ3n) is 2.83. The number of para-hydroxylation sites is 1. The van der Waals surface area contributed by atoms with Crippen LogP contribution in [0.3, 0.4) is 0 Å². The van der Waals surface area contributed by atoms with Gasteiger partial charge in [0.25, 0.3) is 0 Å². The normalized spacial score (nSPS) is 10.9. The van der Waals surface area contributed by atoms with Crippen molar-refractivity contribution in [3.63, 3.8) is 0 Å². The molecule has 0 aliphatic heterocycles. The standard InChI is InChI=1S/C13H13N5/c14-9-4-2-1-3-8(9)7-12-16-10-5-6-11(15)17-13(10)18-12/h1-6H,7,14H2,(H3,15,16,17,18). The molecule has 5 heteroatoms. The van der Waals surface area contributed by atoms with Crippen LogP contribution in [0.15, 0.2) is 36.4 Å². The summed E-state index contributed by atoms with van der Waals surface area (Å²) in [7, 11) is 0. The van der Waals surface area contributed by atoms with Gasteiger partial charge >= 0.3 is 0 Å². The first-order chi connectivity index (χ1) is 8.72. The summed E-state index contributed by atoms with van der Waals surface area (Å²) in [4.78, 5) is 11.8. The maximum absolute atomic E-state index is 5.91. The lowest BCUT2D eigenvalue weighted by molar-refractivity contribution is 1.04. The van der Waals surface area contributed by atoms with Crippen molar-refractivity contribution < 1.29 is 0 Å². The van der Waals surface area contributed by atoms with Crippen LogP contribution in [0.5, 0.6) is 0 Å². The second-order valence-corrected chi connectivity index (χ2v) is 4.17. The first kappa shape index (κ1) is 10.6. The number of nitrogens with two attached hydrogens (primary N) is 2. The Hall–Kier alpha value is -2.56. The number of nitrogen functional groups attached to an aromatic ring is 2. The van der Waals surface area contributed by atoms with Crippen molar-refractivity contribution in [3.8, 4) is 0 Å². The second kappa shape index (κ2) is 4.03. The van der Waals surface area contributed by atoms with Crippen molar-refractivity contribution >= 4 is 22.7 Å². The predicted molar refractivity (Wildman–Crippen MR) is 72.0 cm³/mol. The molecule has 0 spiro atoms. The van der Waals surface area contributed by atoms with Crippen molar-refractivity contribution in [2.45, 2.75) is 6.42 Å². The Morgan fingerprint density at radius 3 is 2.67 bits per heavy atom. The van der Waals surface area contributed by atoms with Gasteiger partial charge in [-0.2, -0.15) is 0 Å². The summed E-state index contributed by atoms with van der Waals surface area (Å²) >= 11 is 0. The molecule has 0 unspecified atom stereocenters. The largest absolute Gasteiger partial charge is 0.398 e. The van der Waals surface area contributed by atoms with Gasteiger partial charge in [0.1, 0.15) is 11.6 Å². The summed E-state index contributed by atoms with van der Waals surface area (Å²) in [6.45, 7) is 0. The Bertz CT molecular complexity index is 701. The molecular formula is C13H13N5. The molecule has 5 N–H and O–H groups in total. The average Bonchev–Trinajstić information content (AvgIpc) is 2.73. The van der Waals surface area contributed by atoms with Crippen LogP contribution >= 0.6 is 0 Å². The molecule has 0 fully saturated rings. The summed E-state index contributed by atoms with van der Waals surface area (Å²) < 4.78 is 0. The minimum atomic E-state index is 0.472. The number of aromatic nitrogens is 3. The highest BCUT2D eigenvalue weighted by Gasteiger charge is 2.06. The van der Waals surface area contributed by atoms with Gasteiger partial charge in [0.05, 0.1) is 5.52 Å². The molecule has 90 valence electrons. The number of fused-ring (bicyclic) bond motifs is 1. The Morgan fingerprint density at radius 2 is 1.83 bits per heavy atom. The molecule has 3 rings (SSSR count). The van der Waals surface area contributed by atoms with Crippen LogP contribution in [0, 0.1) is 0 Å². The van der Waals surface area contributed by atoms with Crippen LogP contribution in [0.4, 0.5) is 11.5 Å². The number of anilines is 2. The highest BCUT2D eigenvalue weighted by Crippen LogP contribution is 2.17. The molecule has 0 radical (unpaired) electrons. The van der Waals surface area contributed by atoms with E-state index in [1.165, 1.54) is 0 Å². The van der Waals surface area contributed by atoms with E-state index in [0.717, 1.165) is 22.6 Å². The molecule has 0 atom stereocenters. The average molecular weight is 239 g/mol. The topological polar surface area (TPSA) is 93.6 Å². The number of imidazole rings is 1. The Labute approximate surface area is 104 Å². The lowest BCUT2D eigenvalue weighted by atomic mass is 10.1. The van der Waals surface area contributed by atoms with Gasteiger partial charge in [0.2, 0.25) is 0 Å². The van der Waals surface area contributed by atoms with E-state index in [4.69, 9.17) is 11.5 Å². The van der Waals surface area contributed by atoms with Crippen molar-refractivity contribution in [3.05, 3.63) is 47.8 Å². The van der Waals surface area contributed by atoms with Crippen molar-refractivity contribution in [1.82, 2.24) is 15.0 Å². The number of aromatic amines is 1. The molecule has 0 aliphatic rings. The number of hydrogen-bond donors (Lipinski definition) is 3. The van der Waals surface area contributed by atoms with Gasteiger partial charge < -0.3 is 16.5 Å². The van der Waals surface area contributed by atoms with Crippen LogP contribution in [0.1, 0.15) is 11.4 Å². The molecule has 2 aromatic heterocycles. The zero-order valence-corrected chi connectivity index (χ0v) is 9.72. The molecule has 5 nitrogen and oxygen atoms in total. The third-order valence-corrected chi connectivity index (χ3v) is 2.83. The van der Waals surface area contributed by atoms with Gasteiger partial charge in [-0.05, 0) is 23.8 Å². The molecule has 0 aliphatic carbocycles. The molecule has 2 heterocycles. The van der Waals surface area contributed by atoms with E-state index >= 15 is 0 Å². The van der Waals surface area contributed by atoms with Crippen LogP contribution < -0.4 is 11.5 Å². The van der Waals surface area contributed by atoms with Gasteiger partial charge in [-0.25, -0.2) is 9.97 Å². The van der Waals surface area contributed by atoms with Crippen LogP contribution in [0.2, 0.25) is 0 Å². The highest BCUT2D eigenvalue weighted by atomic mass is 15.0. The van der Waals surface area contributed by atoms with E-state index in [1.807, 2.05) is 30.3 Å². The zero-order chi connectivity index (χ0) is 12.5. The third kappa shape index (κ3) is 1.86. The first-order valence-corrected chi connectivity index (χ1v) is 5.67. The predicted octanol–water partition coefficient (Wildman–Crippen LogP) is 1.71. The number of nitrogens with zero attached hydrogens (tertiary/aromatic N) is 2. The van der Waals surface area contributed by atoms with Gasteiger partial charge in [-0.1, -0.05) is 18.2 Å². The van der Waals surface area contributed by atoms with Gasteiger partial charge in [0.15, 0.2) is 5.65 Å². The maximum Gasteiger partial charge on any atom is 0.179 e. The van der Waals surface area contributed by atoms with E-state index in [0.29, 0.717) is 17.9 Å². The van der Waals surface area contributed by atoms with Gasteiger partial charge in [-0.15, -0.1) is 0 Å². The van der Waals surface area contributed by atoms with Crippen molar-refractivity contribution in [1.29, 1.82) is 0 Å². The maximum atomic E-state index is 5.91. The first-order valence-electron chi connectivity index (χ1n) is 5.67. The summed E-state index contributed by atoms with van der Waals surface area (Å²) in [5, 5.41) is 0. The van der Waals surface area contributed by atoms with Crippen LogP contribution in [0.25, 0.3) is 11.2 Å². The molecule has 0 bridgehead atoms. The number of hydrogen-bond acceptors (Lipinski definition) is 4. The molecule has 1 aromatic carbocycles. The molecule has 3 aromatic rings. The van der Waals surface area contributed by atoms with Gasteiger partial charge in [-0.3, -0.25) is 0 Å². The Balaban J connectivity index is 1.98. The SMILES string of the molecule is Nc1ccc2[nH]c(Cc3ccccc3N)nc2n1. The zero-order valence-electron chi connectivity index (χ0n) is 9.72. The quantitative estimate of drug-likeness (QED) is 0.593. The number of pyridine rings is 1. The smallest absolute Gasteiger partial charge is 0.179 e. The molecular weight excluding hydrogens is 226 g/mol. The van der Waals surface area contributed by atoms with Crippen LogP contribution in [-0.4, -0.2) is 15.0 Å². The van der Waals surface area contributed by atoms with Gasteiger partial charge in [0, 0.05) is 12.1 Å². The second-order valence-electron chi connectivity index (χ2n) is 4.17. The lowest BCUT2D eigenvalue weighted by Crippen LogP contribution is -1.96. The Morgan fingerprint density at radius 1 is 1.00 bits per heavy atom. The lowest BCUT2D eigenvalue weighted by Gasteiger charge is -2.01. The monoisotopic (exact) mass is 239 g/mol. The minimum absolute atomic E-state index is 0.472. The Kier molecular flexibility index (Phi) is 2.37. The molecule has 0 saturated heterocycles. The number of rotatable bonds is 2. The molecule has 0 saturated carbocycles. The fourth-order valence-corrected chi connectivity index (χ4v) is 1.92. The minimum Gasteiger partial charge on any atom is -0.398 e. The molecule has 18 heavy (non-hydrogen) atoms.